The molecular weight excluding hydrogens is 375 g/mol. The molecule has 0 aromatic heterocycles. The van der Waals surface area contributed by atoms with E-state index >= 15 is 0 Å². The highest BCUT2D eigenvalue weighted by Gasteiger charge is 2.54. The first-order chi connectivity index (χ1) is 11.6. The Morgan fingerprint density at radius 2 is 2.16 bits per heavy atom. The Morgan fingerprint density at radius 3 is 2.72 bits per heavy atom. The number of ether oxygens (including phenoxy) is 1. The molecule has 0 saturated heterocycles. The summed E-state index contributed by atoms with van der Waals surface area (Å²) in [4.78, 5) is 23.7. The standard InChI is InChI=1S/C15H14ClFN2O5S/c16-11-7-9(17)1-2-12(11)25(22,23)10-3-4-15(8-10,13(19)20)14(21)24-6-5-18/h1-2,7,10H,3-4,6,8H2,(H2,19,20)/t10-,15-/m1/s1. The Labute approximate surface area is 148 Å². The molecule has 2 N–H and O–H groups in total. The molecule has 1 aromatic carbocycles. The predicted molar refractivity (Wildman–Crippen MR) is 84.4 cm³/mol. The summed E-state index contributed by atoms with van der Waals surface area (Å²) in [5, 5.41) is 7.08. The Bertz CT molecular complexity index is 867. The Morgan fingerprint density at radius 1 is 1.48 bits per heavy atom. The number of nitriles is 1. The normalized spacial score (nSPS) is 23.0. The average molecular weight is 389 g/mol. The van der Waals surface area contributed by atoms with E-state index in [0.29, 0.717) is 0 Å². The molecule has 25 heavy (non-hydrogen) atoms. The van der Waals surface area contributed by atoms with Gasteiger partial charge < -0.3 is 10.5 Å². The highest BCUT2D eigenvalue weighted by Crippen LogP contribution is 2.44. The molecule has 1 saturated carbocycles. The van der Waals surface area contributed by atoms with Crippen LogP contribution in [-0.4, -0.2) is 32.2 Å². The number of carbonyl (C=O) groups is 2. The van der Waals surface area contributed by atoms with Gasteiger partial charge in [-0.3, -0.25) is 9.59 Å². The molecule has 1 amide bonds. The third kappa shape index (κ3) is 3.45. The van der Waals surface area contributed by atoms with E-state index < -0.39 is 44.8 Å². The lowest BCUT2D eigenvalue weighted by atomic mass is 9.85. The molecule has 0 heterocycles. The van der Waals surface area contributed by atoms with Gasteiger partial charge in [0.1, 0.15) is 17.3 Å². The average Bonchev–Trinajstić information content (AvgIpc) is 2.99. The van der Waals surface area contributed by atoms with E-state index in [1.165, 1.54) is 0 Å². The first kappa shape index (κ1) is 19.1. The number of carbonyl (C=O) groups excluding carboxylic acids is 2. The number of hydrogen-bond acceptors (Lipinski definition) is 6. The van der Waals surface area contributed by atoms with Gasteiger partial charge in [-0.05, 0) is 37.5 Å². The lowest BCUT2D eigenvalue weighted by Gasteiger charge is -2.22. The zero-order valence-electron chi connectivity index (χ0n) is 12.9. The number of sulfone groups is 1. The van der Waals surface area contributed by atoms with Crippen LogP contribution in [-0.2, 0) is 24.2 Å². The second kappa shape index (κ2) is 6.98. The molecule has 1 aromatic rings. The van der Waals surface area contributed by atoms with Crippen LogP contribution >= 0.6 is 11.6 Å². The molecule has 0 radical (unpaired) electrons. The Balaban J connectivity index is 2.35. The van der Waals surface area contributed by atoms with Crippen molar-refractivity contribution >= 4 is 33.3 Å². The maximum atomic E-state index is 13.1. The van der Waals surface area contributed by atoms with E-state index in [0.717, 1.165) is 18.2 Å². The van der Waals surface area contributed by atoms with Crippen LogP contribution in [0.15, 0.2) is 23.1 Å². The molecule has 10 heteroatoms. The summed E-state index contributed by atoms with van der Waals surface area (Å²) in [6, 6.07) is 4.45. The number of nitrogens with two attached hydrogens (primary N) is 1. The fourth-order valence-corrected chi connectivity index (χ4v) is 5.27. The van der Waals surface area contributed by atoms with E-state index in [4.69, 9.17) is 22.6 Å². The molecule has 0 bridgehead atoms. The lowest BCUT2D eigenvalue weighted by molar-refractivity contribution is -0.158. The summed E-state index contributed by atoms with van der Waals surface area (Å²) in [6.07, 6.45) is -0.543. The third-order valence-corrected chi connectivity index (χ3v) is 6.91. The molecule has 0 unspecified atom stereocenters. The van der Waals surface area contributed by atoms with Crippen LogP contribution in [0.2, 0.25) is 5.02 Å². The molecule has 0 spiro atoms. The predicted octanol–water partition coefficient (Wildman–Crippen LogP) is 1.34. The van der Waals surface area contributed by atoms with Crippen molar-refractivity contribution in [2.75, 3.05) is 6.61 Å². The van der Waals surface area contributed by atoms with Gasteiger partial charge in [0.15, 0.2) is 16.4 Å². The van der Waals surface area contributed by atoms with Crippen LogP contribution in [0, 0.1) is 22.6 Å². The van der Waals surface area contributed by atoms with Crippen LogP contribution in [0.1, 0.15) is 19.3 Å². The Kier molecular flexibility index (Phi) is 5.34. The van der Waals surface area contributed by atoms with Crippen LogP contribution in [0.3, 0.4) is 0 Å². The molecule has 0 aliphatic heterocycles. The molecule has 2 rings (SSSR count). The van der Waals surface area contributed by atoms with Gasteiger partial charge in [0.25, 0.3) is 0 Å². The van der Waals surface area contributed by atoms with Gasteiger partial charge >= 0.3 is 5.97 Å². The molecule has 7 nitrogen and oxygen atoms in total. The van der Waals surface area contributed by atoms with Crippen molar-refractivity contribution in [2.24, 2.45) is 11.1 Å². The SMILES string of the molecule is N#CCOC(=O)[C@]1(C(N)=O)CC[C@@H](S(=O)(=O)c2ccc(F)cc2Cl)C1. The summed E-state index contributed by atoms with van der Waals surface area (Å²) in [5.41, 5.74) is 3.49. The molecule has 1 fully saturated rings. The smallest absolute Gasteiger partial charge is 0.322 e. The molecule has 2 atom stereocenters. The van der Waals surface area contributed by atoms with Crippen molar-refractivity contribution in [3.63, 3.8) is 0 Å². The number of rotatable bonds is 5. The van der Waals surface area contributed by atoms with Crippen LogP contribution in [0.4, 0.5) is 4.39 Å². The zero-order chi connectivity index (χ0) is 18.8. The summed E-state index contributed by atoms with van der Waals surface area (Å²) >= 11 is 5.82. The maximum Gasteiger partial charge on any atom is 0.322 e. The number of nitrogens with zero attached hydrogens (tertiary/aromatic N) is 1. The number of esters is 1. The zero-order valence-corrected chi connectivity index (χ0v) is 14.4. The summed E-state index contributed by atoms with van der Waals surface area (Å²) in [6.45, 7) is -0.574. The number of primary amides is 1. The largest absolute Gasteiger partial charge is 0.449 e. The topological polar surface area (TPSA) is 127 Å². The highest BCUT2D eigenvalue weighted by molar-refractivity contribution is 7.92. The van der Waals surface area contributed by atoms with Crippen molar-refractivity contribution in [1.82, 2.24) is 0 Å². The van der Waals surface area contributed by atoms with E-state index in [1.807, 2.05) is 0 Å². The molecule has 1 aliphatic rings. The minimum atomic E-state index is -4.02. The van der Waals surface area contributed by atoms with Gasteiger partial charge in [0, 0.05) is 0 Å². The van der Waals surface area contributed by atoms with Gasteiger partial charge in [0.05, 0.1) is 15.2 Å². The molecular formula is C15H14ClFN2O5S. The van der Waals surface area contributed by atoms with Crippen LogP contribution in [0.5, 0.6) is 0 Å². The summed E-state index contributed by atoms with van der Waals surface area (Å²) in [7, 11) is -4.02. The number of hydrogen-bond donors (Lipinski definition) is 1. The van der Waals surface area contributed by atoms with E-state index in [2.05, 4.69) is 4.74 Å². The highest BCUT2D eigenvalue weighted by atomic mass is 35.5. The molecule has 134 valence electrons. The fraction of sp³-hybridized carbons (Fsp3) is 0.400. The minimum Gasteiger partial charge on any atom is -0.449 e. The lowest BCUT2D eigenvalue weighted by Crippen LogP contribution is -2.44. The second-order valence-corrected chi connectivity index (χ2v) is 8.27. The summed E-state index contributed by atoms with van der Waals surface area (Å²) in [5.74, 6) is -2.73. The van der Waals surface area contributed by atoms with Crippen molar-refractivity contribution in [1.29, 1.82) is 5.26 Å². The third-order valence-electron chi connectivity index (χ3n) is 4.24. The van der Waals surface area contributed by atoms with Crippen LogP contribution < -0.4 is 5.73 Å². The minimum absolute atomic E-state index is 0.0272. The van der Waals surface area contributed by atoms with Crippen molar-refractivity contribution in [3.8, 4) is 6.07 Å². The van der Waals surface area contributed by atoms with Gasteiger partial charge in [-0.15, -0.1) is 0 Å². The van der Waals surface area contributed by atoms with E-state index in [-0.39, 0.29) is 29.2 Å². The van der Waals surface area contributed by atoms with Gasteiger partial charge in [0.2, 0.25) is 5.91 Å². The Hall–Kier alpha value is -2.18. The van der Waals surface area contributed by atoms with Crippen molar-refractivity contribution in [2.45, 2.75) is 29.4 Å². The monoisotopic (exact) mass is 388 g/mol. The fourth-order valence-electron chi connectivity index (χ4n) is 2.90. The first-order valence-corrected chi connectivity index (χ1v) is 9.10. The first-order valence-electron chi connectivity index (χ1n) is 7.18. The maximum absolute atomic E-state index is 13.1. The second-order valence-electron chi connectivity index (χ2n) is 5.67. The number of halogens is 2. The molecule has 1 aliphatic carbocycles. The van der Waals surface area contributed by atoms with Crippen molar-refractivity contribution in [3.05, 3.63) is 29.0 Å². The van der Waals surface area contributed by atoms with Crippen molar-refractivity contribution < 1.29 is 27.1 Å². The van der Waals surface area contributed by atoms with Crippen LogP contribution in [0.25, 0.3) is 0 Å². The number of amides is 1. The van der Waals surface area contributed by atoms with E-state index in [1.54, 1.807) is 6.07 Å². The van der Waals surface area contributed by atoms with Gasteiger partial charge in [-0.1, -0.05) is 11.6 Å². The van der Waals surface area contributed by atoms with Gasteiger partial charge in [-0.2, -0.15) is 5.26 Å². The van der Waals surface area contributed by atoms with E-state index in [9.17, 15) is 22.4 Å². The summed E-state index contributed by atoms with van der Waals surface area (Å²) < 4.78 is 43.3. The van der Waals surface area contributed by atoms with Gasteiger partial charge in [-0.25, -0.2) is 12.8 Å². The number of benzene rings is 1. The quantitative estimate of drug-likeness (QED) is 0.460.